The maximum Gasteiger partial charge on any atom is -0.0319 e. The van der Waals surface area contributed by atoms with Crippen molar-refractivity contribution < 1.29 is 0 Å². The van der Waals surface area contributed by atoms with Crippen LogP contribution in [-0.4, -0.2) is 0 Å². The predicted molar refractivity (Wildman–Crippen MR) is 75.1 cm³/mol. The van der Waals surface area contributed by atoms with Gasteiger partial charge < -0.3 is 0 Å². The topological polar surface area (TPSA) is 0 Å². The van der Waals surface area contributed by atoms with Gasteiger partial charge in [0.2, 0.25) is 0 Å². The zero-order chi connectivity index (χ0) is 13.2. The summed E-state index contributed by atoms with van der Waals surface area (Å²) in [4.78, 5) is 0. The molecule has 0 rings (SSSR count). The zero-order valence-corrected chi connectivity index (χ0v) is 12.1. The summed E-state index contributed by atoms with van der Waals surface area (Å²) in [5, 5.41) is 0. The highest BCUT2D eigenvalue weighted by Crippen LogP contribution is 2.37. The molecule has 0 heteroatoms. The minimum absolute atomic E-state index is 0.461. The summed E-state index contributed by atoms with van der Waals surface area (Å²) in [5.74, 6) is 2.44. The van der Waals surface area contributed by atoms with Gasteiger partial charge >= 0.3 is 0 Å². The van der Waals surface area contributed by atoms with Crippen LogP contribution in [0.4, 0.5) is 0 Å². The Morgan fingerprint density at radius 2 is 0.867 bits per heavy atom. The van der Waals surface area contributed by atoms with Crippen molar-refractivity contribution in [2.45, 2.75) is 48.5 Å². The SMILES string of the molecule is C=C.C=C.CC(C)C(C(C)C)C(C)(C)C. The molecule has 0 aromatic rings. The number of rotatable bonds is 2. The Morgan fingerprint density at radius 1 is 0.667 bits per heavy atom. The molecular formula is C15H32. The van der Waals surface area contributed by atoms with Crippen molar-refractivity contribution in [1.82, 2.24) is 0 Å². The third-order valence-corrected chi connectivity index (χ3v) is 2.44. The highest BCUT2D eigenvalue weighted by atomic mass is 14.3. The van der Waals surface area contributed by atoms with Crippen LogP contribution in [0.3, 0.4) is 0 Å². The van der Waals surface area contributed by atoms with Crippen LogP contribution < -0.4 is 0 Å². The average molecular weight is 212 g/mol. The second kappa shape index (κ2) is 10.0. The minimum Gasteiger partial charge on any atom is -0.106 e. The largest absolute Gasteiger partial charge is 0.106 e. The first-order valence-electron chi connectivity index (χ1n) is 5.76. The van der Waals surface area contributed by atoms with Crippen molar-refractivity contribution in [1.29, 1.82) is 0 Å². The first-order valence-corrected chi connectivity index (χ1v) is 5.76. The van der Waals surface area contributed by atoms with Crippen LogP contribution in [0.1, 0.15) is 48.5 Å². The first-order chi connectivity index (χ1) is 6.76. The van der Waals surface area contributed by atoms with E-state index in [9.17, 15) is 0 Å². The minimum atomic E-state index is 0.461. The van der Waals surface area contributed by atoms with Gasteiger partial charge in [0.1, 0.15) is 0 Å². The van der Waals surface area contributed by atoms with Crippen molar-refractivity contribution in [2.24, 2.45) is 23.2 Å². The highest BCUT2D eigenvalue weighted by molar-refractivity contribution is 4.78. The summed E-state index contributed by atoms with van der Waals surface area (Å²) in [6, 6.07) is 0. The van der Waals surface area contributed by atoms with Crippen LogP contribution in [0.5, 0.6) is 0 Å². The monoisotopic (exact) mass is 212 g/mol. The summed E-state index contributed by atoms with van der Waals surface area (Å²) in [6.45, 7) is 28.4. The fraction of sp³-hybridized carbons (Fsp3) is 0.733. The predicted octanol–water partition coefficient (Wildman–Crippen LogP) is 5.57. The number of hydrogen-bond donors (Lipinski definition) is 0. The molecule has 0 saturated heterocycles. The Morgan fingerprint density at radius 3 is 0.867 bits per heavy atom. The molecule has 0 bridgehead atoms. The van der Waals surface area contributed by atoms with Gasteiger partial charge in [0.05, 0.1) is 0 Å². The molecule has 0 N–H and O–H groups in total. The second-order valence-electron chi connectivity index (χ2n) is 5.38. The standard InChI is InChI=1S/C11H24.2C2H4/c1-8(2)10(9(3)4)11(5,6)7;2*1-2/h8-10H,1-7H3;2*1-2H2. The van der Waals surface area contributed by atoms with E-state index in [0.717, 1.165) is 17.8 Å². The van der Waals surface area contributed by atoms with Gasteiger partial charge in [-0.15, -0.1) is 26.3 Å². The molecule has 0 atom stereocenters. The van der Waals surface area contributed by atoms with Crippen LogP contribution in [0.25, 0.3) is 0 Å². The third kappa shape index (κ3) is 9.78. The Kier molecular flexibility index (Phi) is 13.3. The molecule has 0 aliphatic rings. The van der Waals surface area contributed by atoms with Crippen molar-refractivity contribution in [3.8, 4) is 0 Å². The Hall–Kier alpha value is -0.520. The summed E-state index contributed by atoms with van der Waals surface area (Å²) in [6.07, 6.45) is 0. The third-order valence-electron chi connectivity index (χ3n) is 2.44. The van der Waals surface area contributed by atoms with E-state index in [4.69, 9.17) is 0 Å². The van der Waals surface area contributed by atoms with E-state index >= 15 is 0 Å². The first kappa shape index (κ1) is 20.0. The van der Waals surface area contributed by atoms with Crippen LogP contribution in [-0.2, 0) is 0 Å². The zero-order valence-electron chi connectivity index (χ0n) is 12.1. The molecule has 0 aliphatic carbocycles. The van der Waals surface area contributed by atoms with E-state index in [-0.39, 0.29) is 0 Å². The fourth-order valence-electron chi connectivity index (χ4n) is 2.77. The van der Waals surface area contributed by atoms with Crippen molar-refractivity contribution in [3.05, 3.63) is 26.3 Å². The van der Waals surface area contributed by atoms with Crippen LogP contribution in [0.2, 0.25) is 0 Å². The summed E-state index contributed by atoms with van der Waals surface area (Å²) in [7, 11) is 0. The van der Waals surface area contributed by atoms with Crippen molar-refractivity contribution in [3.63, 3.8) is 0 Å². The van der Waals surface area contributed by atoms with Gasteiger partial charge in [0.25, 0.3) is 0 Å². The Balaban J connectivity index is -0.000000318. The van der Waals surface area contributed by atoms with Gasteiger partial charge in [-0.3, -0.25) is 0 Å². The lowest BCUT2D eigenvalue weighted by atomic mass is 9.69. The van der Waals surface area contributed by atoms with Gasteiger partial charge in [-0.25, -0.2) is 0 Å². The summed E-state index contributed by atoms with van der Waals surface area (Å²) < 4.78 is 0. The van der Waals surface area contributed by atoms with Gasteiger partial charge in [0.15, 0.2) is 0 Å². The average Bonchev–Trinajstić information content (AvgIpc) is 2.07. The lowest BCUT2D eigenvalue weighted by Gasteiger charge is -2.37. The molecule has 0 fully saturated rings. The van der Waals surface area contributed by atoms with E-state index in [2.05, 4.69) is 74.8 Å². The van der Waals surface area contributed by atoms with E-state index in [1.807, 2.05) is 0 Å². The summed E-state index contributed by atoms with van der Waals surface area (Å²) in [5.41, 5.74) is 0.461. The van der Waals surface area contributed by atoms with Gasteiger partial charge in [0, 0.05) is 0 Å². The van der Waals surface area contributed by atoms with E-state index in [0.29, 0.717) is 5.41 Å². The summed E-state index contributed by atoms with van der Waals surface area (Å²) >= 11 is 0. The highest BCUT2D eigenvalue weighted by Gasteiger charge is 2.29. The maximum absolute atomic E-state index is 3.00. The Labute approximate surface area is 98.5 Å². The molecule has 0 saturated carbocycles. The fourth-order valence-corrected chi connectivity index (χ4v) is 2.77. The van der Waals surface area contributed by atoms with E-state index in [1.165, 1.54) is 0 Å². The molecular weight excluding hydrogens is 180 g/mol. The van der Waals surface area contributed by atoms with E-state index in [1.54, 1.807) is 0 Å². The quantitative estimate of drug-likeness (QED) is 0.525. The molecule has 0 nitrogen and oxygen atoms in total. The molecule has 15 heavy (non-hydrogen) atoms. The number of hydrogen-bond acceptors (Lipinski definition) is 0. The van der Waals surface area contributed by atoms with Crippen LogP contribution in [0, 0.1) is 23.2 Å². The molecule has 0 spiro atoms. The van der Waals surface area contributed by atoms with Gasteiger partial charge in [-0.2, -0.15) is 0 Å². The van der Waals surface area contributed by atoms with Gasteiger partial charge in [-0.05, 0) is 23.2 Å². The molecule has 0 aromatic heterocycles. The molecule has 0 aromatic carbocycles. The van der Waals surface area contributed by atoms with Crippen LogP contribution >= 0.6 is 0 Å². The smallest absolute Gasteiger partial charge is 0.0319 e. The normalized spacial score (nSPS) is 10.5. The molecule has 0 unspecified atom stereocenters. The molecule has 0 aliphatic heterocycles. The van der Waals surface area contributed by atoms with E-state index < -0.39 is 0 Å². The second-order valence-corrected chi connectivity index (χ2v) is 5.38. The van der Waals surface area contributed by atoms with Crippen LogP contribution in [0.15, 0.2) is 26.3 Å². The lowest BCUT2D eigenvalue weighted by Crippen LogP contribution is -2.29. The Bertz CT molecular complexity index is 115. The van der Waals surface area contributed by atoms with Crippen molar-refractivity contribution in [2.75, 3.05) is 0 Å². The van der Waals surface area contributed by atoms with Gasteiger partial charge in [-0.1, -0.05) is 48.5 Å². The molecule has 92 valence electrons. The molecule has 0 radical (unpaired) electrons. The lowest BCUT2D eigenvalue weighted by molar-refractivity contribution is 0.124. The maximum atomic E-state index is 3.00. The van der Waals surface area contributed by atoms with Crippen molar-refractivity contribution >= 4 is 0 Å². The molecule has 0 heterocycles. The molecule has 0 amide bonds.